The number of hydrogen-bond donors (Lipinski definition) is 2. The van der Waals surface area contributed by atoms with Crippen molar-refractivity contribution in [2.45, 2.75) is 32.2 Å². The van der Waals surface area contributed by atoms with Gasteiger partial charge in [0, 0.05) is 17.7 Å². The van der Waals surface area contributed by atoms with E-state index in [1.54, 1.807) is 19.1 Å². The Hall–Kier alpha value is -3.18. The number of carboxylic acid groups (broad SMARTS) is 1. The number of thiophene rings is 1. The molecule has 0 fully saturated rings. The zero-order valence-corrected chi connectivity index (χ0v) is 17.8. The summed E-state index contributed by atoms with van der Waals surface area (Å²) in [5.41, 5.74) is 2.27. The number of aliphatic hydroxyl groups excluding tert-OH is 1. The van der Waals surface area contributed by atoms with Crippen molar-refractivity contribution in [3.63, 3.8) is 0 Å². The maximum Gasteiger partial charge on any atom is 0.573 e. The normalized spacial score (nSPS) is 13.1. The molecule has 0 saturated heterocycles. The Morgan fingerprint density at radius 1 is 1.31 bits per heavy atom. The molecule has 0 aliphatic rings. The molecular formula is C21H18F3N3O4S. The van der Waals surface area contributed by atoms with Crippen LogP contribution in [0.2, 0.25) is 0 Å². The SMILES string of the molecule is Cc1c([C@H](CC(=O)O)c2cc(CO)c3sccc3c2)cc(OC(F)(F)F)c2c1nnn2C. The molecule has 0 saturated carbocycles. The first-order valence-electron chi connectivity index (χ1n) is 9.50. The monoisotopic (exact) mass is 465 g/mol. The lowest BCUT2D eigenvalue weighted by Gasteiger charge is -2.21. The van der Waals surface area contributed by atoms with Gasteiger partial charge in [0.2, 0.25) is 0 Å². The van der Waals surface area contributed by atoms with Gasteiger partial charge in [0.15, 0.2) is 5.75 Å². The summed E-state index contributed by atoms with van der Waals surface area (Å²) in [6.07, 6.45) is -5.33. The predicted octanol–water partition coefficient (Wildman–Crippen LogP) is 4.49. The highest BCUT2D eigenvalue weighted by Crippen LogP contribution is 2.41. The highest BCUT2D eigenvalue weighted by atomic mass is 32.1. The van der Waals surface area contributed by atoms with Gasteiger partial charge < -0.3 is 14.9 Å². The van der Waals surface area contributed by atoms with Crippen LogP contribution in [0.5, 0.6) is 5.75 Å². The van der Waals surface area contributed by atoms with Crippen molar-refractivity contribution in [3.8, 4) is 5.75 Å². The Morgan fingerprint density at radius 2 is 2.06 bits per heavy atom. The lowest BCUT2D eigenvalue weighted by atomic mass is 9.84. The Balaban J connectivity index is 1.97. The fraction of sp³-hybridized carbons (Fsp3) is 0.286. The summed E-state index contributed by atoms with van der Waals surface area (Å²) in [6.45, 7) is 1.41. The number of alkyl halides is 3. The van der Waals surface area contributed by atoms with Gasteiger partial charge >= 0.3 is 12.3 Å². The molecular weight excluding hydrogens is 447 g/mol. The van der Waals surface area contributed by atoms with Crippen LogP contribution in [-0.4, -0.2) is 37.5 Å². The van der Waals surface area contributed by atoms with E-state index in [0.29, 0.717) is 22.3 Å². The minimum atomic E-state index is -4.95. The van der Waals surface area contributed by atoms with Gasteiger partial charge in [-0.05, 0) is 58.1 Å². The zero-order valence-electron chi connectivity index (χ0n) is 17.0. The van der Waals surface area contributed by atoms with Gasteiger partial charge in [-0.1, -0.05) is 11.3 Å². The number of nitrogens with zero attached hydrogens (tertiary/aromatic N) is 3. The number of fused-ring (bicyclic) bond motifs is 2. The van der Waals surface area contributed by atoms with Gasteiger partial charge in [-0.15, -0.1) is 29.6 Å². The lowest BCUT2D eigenvalue weighted by molar-refractivity contribution is -0.274. The number of aromatic nitrogens is 3. The van der Waals surface area contributed by atoms with Crippen molar-refractivity contribution < 1.29 is 32.9 Å². The molecule has 4 aromatic rings. The van der Waals surface area contributed by atoms with Gasteiger partial charge in [-0.3, -0.25) is 4.79 Å². The van der Waals surface area contributed by atoms with E-state index in [4.69, 9.17) is 0 Å². The maximum absolute atomic E-state index is 13.1. The fourth-order valence-corrected chi connectivity index (χ4v) is 4.88. The molecule has 7 nitrogen and oxygen atoms in total. The summed E-state index contributed by atoms with van der Waals surface area (Å²) in [5, 5.41) is 29.9. The number of ether oxygens (including phenoxy) is 1. The highest BCUT2D eigenvalue weighted by molar-refractivity contribution is 7.17. The van der Waals surface area contributed by atoms with Gasteiger partial charge in [-0.25, -0.2) is 4.68 Å². The quantitative estimate of drug-likeness (QED) is 0.436. The van der Waals surface area contributed by atoms with Crippen LogP contribution in [0.25, 0.3) is 21.1 Å². The maximum atomic E-state index is 13.1. The molecule has 1 atom stereocenters. The summed E-state index contributed by atoms with van der Waals surface area (Å²) >= 11 is 1.44. The van der Waals surface area contributed by atoms with E-state index in [9.17, 15) is 28.2 Å². The minimum Gasteiger partial charge on any atom is -0.481 e. The highest BCUT2D eigenvalue weighted by Gasteiger charge is 2.34. The van der Waals surface area contributed by atoms with Crippen molar-refractivity contribution in [1.29, 1.82) is 0 Å². The van der Waals surface area contributed by atoms with Crippen LogP contribution >= 0.6 is 11.3 Å². The molecule has 4 rings (SSSR count). The average molecular weight is 465 g/mol. The molecule has 0 aliphatic carbocycles. The largest absolute Gasteiger partial charge is 0.573 e. The molecule has 0 spiro atoms. The van der Waals surface area contributed by atoms with Crippen molar-refractivity contribution >= 4 is 38.4 Å². The summed E-state index contributed by atoms with van der Waals surface area (Å²) in [4.78, 5) is 11.7. The summed E-state index contributed by atoms with van der Waals surface area (Å²) in [6, 6.07) is 6.54. The second-order valence-corrected chi connectivity index (χ2v) is 8.29. The van der Waals surface area contributed by atoms with Crippen LogP contribution in [0, 0.1) is 6.92 Å². The molecule has 32 heavy (non-hydrogen) atoms. The van der Waals surface area contributed by atoms with Gasteiger partial charge in [-0.2, -0.15) is 0 Å². The zero-order chi connectivity index (χ0) is 23.2. The fourth-order valence-electron chi connectivity index (χ4n) is 3.99. The van der Waals surface area contributed by atoms with E-state index in [1.165, 1.54) is 29.1 Å². The number of carboxylic acids is 1. The Morgan fingerprint density at radius 3 is 2.72 bits per heavy atom. The molecule has 0 unspecified atom stereocenters. The molecule has 0 radical (unpaired) electrons. The Bertz CT molecular complexity index is 1330. The molecule has 0 bridgehead atoms. The Labute approximate surface area is 183 Å². The van der Waals surface area contributed by atoms with Crippen LogP contribution in [0.1, 0.15) is 34.6 Å². The van der Waals surface area contributed by atoms with E-state index in [-0.39, 0.29) is 24.1 Å². The van der Waals surface area contributed by atoms with E-state index >= 15 is 0 Å². The molecule has 168 valence electrons. The third kappa shape index (κ3) is 4.00. The predicted molar refractivity (Wildman–Crippen MR) is 112 cm³/mol. The van der Waals surface area contributed by atoms with Crippen molar-refractivity contribution in [2.24, 2.45) is 7.05 Å². The molecule has 0 amide bonds. The van der Waals surface area contributed by atoms with E-state index < -0.39 is 24.0 Å². The number of aliphatic hydroxyl groups is 1. The molecule has 2 heterocycles. The first-order chi connectivity index (χ1) is 15.1. The van der Waals surface area contributed by atoms with Crippen molar-refractivity contribution in [3.05, 3.63) is 51.9 Å². The average Bonchev–Trinajstić information content (AvgIpc) is 3.33. The van der Waals surface area contributed by atoms with Crippen LogP contribution in [-0.2, 0) is 18.4 Å². The topological polar surface area (TPSA) is 97.5 Å². The summed E-state index contributed by atoms with van der Waals surface area (Å²) in [7, 11) is 1.45. The molecule has 0 aliphatic heterocycles. The van der Waals surface area contributed by atoms with E-state index in [0.717, 1.165) is 10.1 Å². The molecule has 2 aromatic heterocycles. The number of benzene rings is 2. The third-order valence-corrected chi connectivity index (χ3v) is 6.34. The van der Waals surface area contributed by atoms with Gasteiger partial charge in [0.05, 0.1) is 13.0 Å². The summed E-state index contributed by atoms with van der Waals surface area (Å²) in [5.74, 6) is -2.43. The summed E-state index contributed by atoms with van der Waals surface area (Å²) < 4.78 is 45.7. The van der Waals surface area contributed by atoms with Crippen molar-refractivity contribution in [1.82, 2.24) is 15.0 Å². The minimum absolute atomic E-state index is 0.0574. The second-order valence-electron chi connectivity index (χ2n) is 7.37. The van der Waals surface area contributed by atoms with E-state index in [1.807, 2.05) is 11.4 Å². The van der Waals surface area contributed by atoms with Crippen LogP contribution < -0.4 is 4.74 Å². The molecule has 2 N–H and O–H groups in total. The number of carbonyl (C=O) groups is 1. The standard InChI is InChI=1S/C21H18F3N3O4S/c1-10-14(7-16(31-21(22,23)24)19-18(10)25-26-27(19)2)15(8-17(29)30)12-5-11-3-4-32-20(11)13(6-12)9-28/h3-7,15,28H,8-9H2,1-2H3,(H,29,30)/t15-/m1/s1. The number of hydrogen-bond acceptors (Lipinski definition) is 6. The second kappa shape index (κ2) is 8.06. The number of aryl methyl sites for hydroxylation is 2. The van der Waals surface area contributed by atoms with Crippen LogP contribution in [0.3, 0.4) is 0 Å². The lowest BCUT2D eigenvalue weighted by Crippen LogP contribution is -2.18. The van der Waals surface area contributed by atoms with E-state index in [2.05, 4.69) is 15.0 Å². The molecule has 11 heteroatoms. The van der Waals surface area contributed by atoms with Crippen molar-refractivity contribution in [2.75, 3.05) is 0 Å². The van der Waals surface area contributed by atoms with Crippen LogP contribution in [0.15, 0.2) is 29.6 Å². The first-order valence-corrected chi connectivity index (χ1v) is 10.4. The number of halogens is 3. The van der Waals surface area contributed by atoms with Gasteiger partial charge in [0.1, 0.15) is 11.0 Å². The third-order valence-electron chi connectivity index (χ3n) is 5.34. The first kappa shape index (κ1) is 22.0. The number of rotatable bonds is 6. The van der Waals surface area contributed by atoms with Gasteiger partial charge in [0.25, 0.3) is 0 Å². The smallest absolute Gasteiger partial charge is 0.481 e. The number of aliphatic carboxylic acids is 1. The van der Waals surface area contributed by atoms with Crippen LogP contribution in [0.4, 0.5) is 13.2 Å². The Kier molecular flexibility index (Phi) is 5.55. The molecule has 2 aromatic carbocycles.